The number of rotatable bonds is 15. The number of hydrogen-bond donors (Lipinski definition) is 4. The van der Waals surface area contributed by atoms with Crippen molar-refractivity contribution in [3.8, 4) is 0 Å². The van der Waals surface area contributed by atoms with Gasteiger partial charge in [0.15, 0.2) is 6.29 Å². The molecule has 2 aromatic carbocycles. The molecule has 1 saturated heterocycles. The van der Waals surface area contributed by atoms with Crippen molar-refractivity contribution in [1.82, 2.24) is 9.62 Å². The fraction of sp³-hybridized carbons (Fsp3) is 0.536. The number of benzene rings is 2. The van der Waals surface area contributed by atoms with Crippen molar-refractivity contribution in [1.29, 1.82) is 0 Å². The third kappa shape index (κ3) is 10.1. The topological polar surface area (TPSA) is 155 Å². The molecule has 1 unspecified atom stereocenters. The van der Waals surface area contributed by atoms with Crippen LogP contribution >= 0.6 is 0 Å². The molecule has 0 aliphatic carbocycles. The van der Waals surface area contributed by atoms with Crippen molar-refractivity contribution in [2.24, 2.45) is 5.92 Å². The Morgan fingerprint density at radius 3 is 2.41 bits per heavy atom. The summed E-state index contributed by atoms with van der Waals surface area (Å²) in [6.07, 6.45) is -1.51. The third-order valence-corrected chi connectivity index (χ3v) is 8.39. The molecule has 0 saturated carbocycles. The molecule has 0 spiro atoms. The molecule has 11 nitrogen and oxygen atoms in total. The summed E-state index contributed by atoms with van der Waals surface area (Å²) in [5.41, 5.74) is 0.992. The van der Waals surface area contributed by atoms with Gasteiger partial charge >= 0.3 is 13.2 Å². The highest BCUT2D eigenvalue weighted by atomic mass is 32.2. The minimum Gasteiger partial charge on any atom is -0.444 e. The molecule has 41 heavy (non-hydrogen) atoms. The first-order valence-corrected chi connectivity index (χ1v) is 15.3. The lowest BCUT2D eigenvalue weighted by atomic mass is 9.81. The van der Waals surface area contributed by atoms with Crippen LogP contribution in [0, 0.1) is 5.92 Å². The van der Waals surface area contributed by atoms with Crippen LogP contribution in [-0.4, -0.2) is 91.9 Å². The molecular formula is C28H41BN2O9S. The van der Waals surface area contributed by atoms with E-state index >= 15 is 0 Å². The van der Waals surface area contributed by atoms with Gasteiger partial charge in [-0.05, 0) is 41.9 Å². The number of ether oxygens (including phenoxy) is 3. The van der Waals surface area contributed by atoms with Crippen molar-refractivity contribution in [2.75, 3.05) is 26.3 Å². The summed E-state index contributed by atoms with van der Waals surface area (Å²) in [7, 11) is -5.79. The van der Waals surface area contributed by atoms with Gasteiger partial charge in [0.1, 0.15) is 6.10 Å². The van der Waals surface area contributed by atoms with Crippen molar-refractivity contribution in [3.63, 3.8) is 0 Å². The van der Waals surface area contributed by atoms with Gasteiger partial charge in [0, 0.05) is 26.1 Å². The van der Waals surface area contributed by atoms with Crippen LogP contribution in [-0.2, 0) is 30.7 Å². The molecular weight excluding hydrogens is 551 g/mol. The maximum atomic E-state index is 13.6. The van der Waals surface area contributed by atoms with Crippen LogP contribution in [0.1, 0.15) is 39.2 Å². The van der Waals surface area contributed by atoms with E-state index < -0.39 is 47.8 Å². The Bertz CT molecular complexity index is 1180. The molecule has 1 fully saturated rings. The van der Waals surface area contributed by atoms with E-state index in [1.54, 1.807) is 0 Å². The Kier molecular flexibility index (Phi) is 12.6. The SMILES string of the molecule is CCCO[C@H]1C[C@@H](OC(=O)NC(Cc2ccccc2)[C@H](O)CN(CC(C)C)S(=O)(=O)c2ccc(B(O)O)cc2)CO1. The predicted octanol–water partition coefficient (Wildman–Crippen LogP) is 1.25. The van der Waals surface area contributed by atoms with Crippen LogP contribution in [0.2, 0.25) is 0 Å². The normalized spacial score (nSPS) is 18.8. The van der Waals surface area contributed by atoms with E-state index in [1.165, 1.54) is 28.6 Å². The molecule has 13 heteroatoms. The summed E-state index contributed by atoms with van der Waals surface area (Å²) in [5.74, 6) is -0.0637. The average molecular weight is 593 g/mol. The standard InChI is InChI=1S/C28H41BN2O9S/c1-4-14-38-27-16-23(19-39-27)40-28(33)30-25(15-21-8-6-5-7-9-21)26(32)18-31(17-20(2)3)41(36,37)24-12-10-22(11-13-24)29(34)35/h5-13,20,23,25-27,32,34-35H,4,14-19H2,1-3H3,(H,30,33)/t23-,25?,26-,27-/m1/s1. The number of alkyl carbamates (subject to hydrolysis) is 1. The molecule has 1 aliphatic heterocycles. The lowest BCUT2D eigenvalue weighted by Gasteiger charge is -2.30. The number of sulfonamides is 1. The Labute approximate surface area is 242 Å². The van der Waals surface area contributed by atoms with Crippen LogP contribution in [0.5, 0.6) is 0 Å². The van der Waals surface area contributed by atoms with E-state index in [1.807, 2.05) is 51.1 Å². The van der Waals surface area contributed by atoms with Crippen LogP contribution in [0.15, 0.2) is 59.5 Å². The van der Waals surface area contributed by atoms with E-state index in [-0.39, 0.29) is 42.4 Å². The molecule has 226 valence electrons. The summed E-state index contributed by atoms with van der Waals surface area (Å²) >= 11 is 0. The number of hydrogen-bond acceptors (Lipinski definition) is 9. The fourth-order valence-electron chi connectivity index (χ4n) is 4.48. The first-order valence-electron chi connectivity index (χ1n) is 13.9. The number of aliphatic hydroxyl groups is 1. The zero-order chi connectivity index (χ0) is 30.0. The number of amides is 1. The van der Waals surface area contributed by atoms with Crippen LogP contribution < -0.4 is 10.8 Å². The van der Waals surface area contributed by atoms with Crippen molar-refractivity contribution in [3.05, 3.63) is 60.2 Å². The van der Waals surface area contributed by atoms with Gasteiger partial charge < -0.3 is 34.7 Å². The second kappa shape index (κ2) is 15.6. The third-order valence-electron chi connectivity index (χ3n) is 6.55. The van der Waals surface area contributed by atoms with Crippen LogP contribution in [0.25, 0.3) is 0 Å². The molecule has 0 aromatic heterocycles. The molecule has 4 N–H and O–H groups in total. The van der Waals surface area contributed by atoms with Gasteiger partial charge in [-0.1, -0.05) is 63.2 Å². The van der Waals surface area contributed by atoms with E-state index in [0.717, 1.165) is 12.0 Å². The summed E-state index contributed by atoms with van der Waals surface area (Å²) < 4.78 is 45.0. The van der Waals surface area contributed by atoms with E-state index in [4.69, 9.17) is 14.2 Å². The monoisotopic (exact) mass is 592 g/mol. The van der Waals surface area contributed by atoms with E-state index in [0.29, 0.717) is 13.0 Å². The lowest BCUT2D eigenvalue weighted by Crippen LogP contribution is -2.51. The second-order valence-electron chi connectivity index (χ2n) is 10.6. The first-order chi connectivity index (χ1) is 19.5. The summed E-state index contributed by atoms with van der Waals surface area (Å²) in [6, 6.07) is 13.6. The molecule has 3 rings (SSSR count). The summed E-state index contributed by atoms with van der Waals surface area (Å²) in [4.78, 5) is 12.8. The highest BCUT2D eigenvalue weighted by Gasteiger charge is 2.33. The van der Waals surface area contributed by atoms with E-state index in [9.17, 15) is 28.4 Å². The highest BCUT2D eigenvalue weighted by Crippen LogP contribution is 2.20. The van der Waals surface area contributed by atoms with E-state index in [2.05, 4.69) is 5.32 Å². The van der Waals surface area contributed by atoms with Crippen molar-refractivity contribution >= 4 is 28.7 Å². The Morgan fingerprint density at radius 1 is 1.12 bits per heavy atom. The molecule has 1 amide bonds. The average Bonchev–Trinajstić information content (AvgIpc) is 3.38. The molecule has 0 bridgehead atoms. The molecule has 0 radical (unpaired) electrons. The maximum absolute atomic E-state index is 13.6. The predicted molar refractivity (Wildman–Crippen MR) is 154 cm³/mol. The Hall–Kier alpha value is -2.52. The van der Waals surface area contributed by atoms with Gasteiger partial charge in [-0.15, -0.1) is 0 Å². The highest BCUT2D eigenvalue weighted by molar-refractivity contribution is 7.89. The molecule has 2 aromatic rings. The van der Waals surface area contributed by atoms with Gasteiger partial charge in [-0.25, -0.2) is 13.2 Å². The van der Waals surface area contributed by atoms with Gasteiger partial charge in [0.2, 0.25) is 10.0 Å². The lowest BCUT2D eigenvalue weighted by molar-refractivity contribution is -0.110. The van der Waals surface area contributed by atoms with Crippen molar-refractivity contribution in [2.45, 2.75) is 69.5 Å². The van der Waals surface area contributed by atoms with Gasteiger partial charge in [-0.3, -0.25) is 0 Å². The minimum atomic E-state index is -4.07. The van der Waals surface area contributed by atoms with Crippen molar-refractivity contribution < 1.29 is 42.6 Å². The Balaban J connectivity index is 1.76. The number of aliphatic hydroxyl groups excluding tert-OH is 1. The van der Waals surface area contributed by atoms with Crippen LogP contribution in [0.3, 0.4) is 0 Å². The van der Waals surface area contributed by atoms with Gasteiger partial charge in [-0.2, -0.15) is 4.31 Å². The second-order valence-corrected chi connectivity index (χ2v) is 12.5. The number of nitrogens with one attached hydrogen (secondary N) is 1. The number of nitrogens with zero attached hydrogens (tertiary/aromatic N) is 1. The summed E-state index contributed by atoms with van der Waals surface area (Å²) in [5, 5.41) is 32.8. The van der Waals surface area contributed by atoms with Gasteiger partial charge in [0.25, 0.3) is 0 Å². The zero-order valence-electron chi connectivity index (χ0n) is 23.8. The molecule has 1 heterocycles. The largest absolute Gasteiger partial charge is 0.488 e. The smallest absolute Gasteiger partial charge is 0.444 e. The van der Waals surface area contributed by atoms with Gasteiger partial charge in [0.05, 0.1) is 23.6 Å². The Morgan fingerprint density at radius 2 is 1.80 bits per heavy atom. The number of carbonyl (C=O) groups is 1. The fourth-order valence-corrected chi connectivity index (χ4v) is 6.10. The zero-order valence-corrected chi connectivity index (χ0v) is 24.6. The summed E-state index contributed by atoms with van der Waals surface area (Å²) in [6.45, 7) is 6.27. The maximum Gasteiger partial charge on any atom is 0.488 e. The molecule has 4 atom stereocenters. The molecule has 1 aliphatic rings. The first kappa shape index (κ1) is 33.0. The quantitative estimate of drug-likeness (QED) is 0.224. The van der Waals surface area contributed by atoms with Crippen LogP contribution in [0.4, 0.5) is 4.79 Å². The minimum absolute atomic E-state index is 0.0530. The number of carbonyl (C=O) groups excluding carboxylic acids is 1.